The molecule has 1 amide bonds. The molecule has 0 aliphatic carbocycles. The fraction of sp³-hybridized carbons (Fsp3) is 0.600. The molecule has 1 N–H and O–H groups in total. The molecule has 2 aliphatic rings. The second-order valence-electron chi connectivity index (χ2n) is 8.16. The molecule has 0 aromatic carbocycles. The maximum absolute atomic E-state index is 13.0. The summed E-state index contributed by atoms with van der Waals surface area (Å²) in [5, 5.41) is 6.69. The zero-order valence-electron chi connectivity index (χ0n) is 17.5. The van der Waals surface area contributed by atoms with Gasteiger partial charge >= 0.3 is 0 Å². The lowest BCUT2D eigenvalue weighted by molar-refractivity contribution is 0.0725. The highest BCUT2D eigenvalue weighted by atomic mass is 32.2. The van der Waals surface area contributed by atoms with Gasteiger partial charge in [0.2, 0.25) is 5.09 Å². The average molecular weight is 436 g/mol. The number of likely N-dealkylation sites (tertiary alicyclic amines) is 1. The summed E-state index contributed by atoms with van der Waals surface area (Å²) in [6.45, 7) is 7.91. The van der Waals surface area contributed by atoms with Crippen molar-refractivity contribution in [1.29, 1.82) is 0 Å². The van der Waals surface area contributed by atoms with Gasteiger partial charge in [-0.25, -0.2) is 8.42 Å². The number of piperazine rings is 1. The van der Waals surface area contributed by atoms with Crippen molar-refractivity contribution in [3.05, 3.63) is 23.9 Å². The molecule has 0 unspecified atom stereocenters. The van der Waals surface area contributed by atoms with Crippen LogP contribution in [-0.4, -0.2) is 83.9 Å². The Labute approximate surface area is 177 Å². The Kier molecular flexibility index (Phi) is 5.99. The van der Waals surface area contributed by atoms with Gasteiger partial charge < -0.3 is 9.32 Å². The highest BCUT2D eigenvalue weighted by Gasteiger charge is 2.32. The fourth-order valence-electron chi connectivity index (χ4n) is 4.08. The lowest BCUT2D eigenvalue weighted by Crippen LogP contribution is -2.50. The number of nitrogens with zero attached hydrogens (tertiary/aromatic N) is 4. The number of nitrogens with one attached hydrogen (secondary N) is 1. The van der Waals surface area contributed by atoms with Crippen molar-refractivity contribution >= 4 is 15.9 Å². The van der Waals surface area contributed by atoms with Crippen LogP contribution < -0.4 is 0 Å². The van der Waals surface area contributed by atoms with E-state index in [1.54, 1.807) is 6.07 Å². The molecule has 0 saturated carbocycles. The Morgan fingerprint density at radius 1 is 1.07 bits per heavy atom. The largest absolute Gasteiger partial charge is 0.442 e. The standard InChI is InChI=1S/C20H29N5O4S/c1-15(2)23-10-12-25(13-11-23)30(27,28)18-7-6-17(29-18)19-16(14-21-22-19)20(26)24-8-4-3-5-9-24/h6-7,14-15H,3-5,8-13H2,1-2H3,(H,21,22). The van der Waals surface area contributed by atoms with Gasteiger partial charge in [-0.05, 0) is 45.2 Å². The van der Waals surface area contributed by atoms with Crippen molar-refractivity contribution in [3.63, 3.8) is 0 Å². The van der Waals surface area contributed by atoms with Gasteiger partial charge in [0.25, 0.3) is 15.9 Å². The van der Waals surface area contributed by atoms with Crippen molar-refractivity contribution in [2.75, 3.05) is 39.3 Å². The van der Waals surface area contributed by atoms with Crippen LogP contribution in [0.3, 0.4) is 0 Å². The minimum absolute atomic E-state index is 0.107. The molecule has 9 nitrogen and oxygen atoms in total. The number of hydrogen-bond acceptors (Lipinski definition) is 6. The van der Waals surface area contributed by atoms with Crippen LogP contribution in [0.25, 0.3) is 11.5 Å². The first kappa shape index (κ1) is 21.1. The summed E-state index contributed by atoms with van der Waals surface area (Å²) in [6.07, 6.45) is 4.60. The summed E-state index contributed by atoms with van der Waals surface area (Å²) >= 11 is 0. The van der Waals surface area contributed by atoms with Crippen molar-refractivity contribution in [1.82, 2.24) is 24.3 Å². The third kappa shape index (κ3) is 4.03. The van der Waals surface area contributed by atoms with Crippen LogP contribution in [0.1, 0.15) is 43.5 Å². The van der Waals surface area contributed by atoms with Crippen LogP contribution in [0.15, 0.2) is 27.8 Å². The number of aromatic amines is 1. The van der Waals surface area contributed by atoms with Crippen molar-refractivity contribution < 1.29 is 17.6 Å². The van der Waals surface area contributed by atoms with E-state index >= 15 is 0 Å². The third-order valence-electron chi connectivity index (χ3n) is 5.94. The zero-order valence-corrected chi connectivity index (χ0v) is 18.3. The van der Waals surface area contributed by atoms with E-state index in [0.29, 0.717) is 49.2 Å². The molecular formula is C20H29N5O4S. The van der Waals surface area contributed by atoms with E-state index in [1.807, 2.05) is 4.90 Å². The highest BCUT2D eigenvalue weighted by molar-refractivity contribution is 7.89. The van der Waals surface area contributed by atoms with Gasteiger partial charge in [0, 0.05) is 45.3 Å². The molecule has 0 radical (unpaired) electrons. The van der Waals surface area contributed by atoms with Crippen LogP contribution >= 0.6 is 0 Å². The predicted octanol–water partition coefficient (Wildman–Crippen LogP) is 2.01. The minimum atomic E-state index is -3.72. The van der Waals surface area contributed by atoms with Crippen LogP contribution in [-0.2, 0) is 10.0 Å². The number of carbonyl (C=O) groups excluding carboxylic acids is 1. The number of hydrogen-bond donors (Lipinski definition) is 1. The smallest absolute Gasteiger partial charge is 0.276 e. The topological polar surface area (TPSA) is 103 Å². The molecule has 4 heterocycles. The van der Waals surface area contributed by atoms with Gasteiger partial charge in [0.05, 0.1) is 11.8 Å². The second-order valence-corrected chi connectivity index (χ2v) is 10.0. The second kappa shape index (κ2) is 8.52. The SMILES string of the molecule is CC(C)N1CCN(S(=O)(=O)c2ccc(-c3[nH]ncc3C(=O)N3CCCCC3)o2)CC1. The molecule has 2 fully saturated rings. The highest BCUT2D eigenvalue weighted by Crippen LogP contribution is 2.29. The molecule has 0 spiro atoms. The van der Waals surface area contributed by atoms with Crippen LogP contribution in [0.5, 0.6) is 0 Å². The third-order valence-corrected chi connectivity index (χ3v) is 7.71. The van der Waals surface area contributed by atoms with Crippen LogP contribution in [0.4, 0.5) is 0 Å². The monoisotopic (exact) mass is 435 g/mol. The Balaban J connectivity index is 1.52. The molecular weight excluding hydrogens is 406 g/mol. The van der Waals surface area contributed by atoms with Gasteiger partial charge in [0.15, 0.2) is 5.76 Å². The van der Waals surface area contributed by atoms with E-state index in [0.717, 1.165) is 32.4 Å². The summed E-state index contributed by atoms with van der Waals surface area (Å²) in [5.41, 5.74) is 0.817. The van der Waals surface area contributed by atoms with E-state index in [2.05, 4.69) is 28.9 Å². The molecule has 10 heteroatoms. The summed E-state index contributed by atoms with van der Waals surface area (Å²) in [5.74, 6) is 0.191. The summed E-state index contributed by atoms with van der Waals surface area (Å²) in [4.78, 5) is 16.9. The van der Waals surface area contributed by atoms with Crippen molar-refractivity contribution in [3.8, 4) is 11.5 Å². The van der Waals surface area contributed by atoms with E-state index < -0.39 is 10.0 Å². The van der Waals surface area contributed by atoms with E-state index in [1.165, 1.54) is 16.6 Å². The summed E-state index contributed by atoms with van der Waals surface area (Å²) < 4.78 is 33.2. The van der Waals surface area contributed by atoms with Gasteiger partial charge in [0.1, 0.15) is 5.69 Å². The maximum Gasteiger partial charge on any atom is 0.276 e. The van der Waals surface area contributed by atoms with Gasteiger partial charge in [-0.15, -0.1) is 0 Å². The van der Waals surface area contributed by atoms with Crippen LogP contribution in [0.2, 0.25) is 0 Å². The maximum atomic E-state index is 13.0. The first-order valence-corrected chi connectivity index (χ1v) is 12.0. The number of sulfonamides is 1. The fourth-order valence-corrected chi connectivity index (χ4v) is 5.42. The lowest BCUT2D eigenvalue weighted by atomic mass is 10.1. The molecule has 2 saturated heterocycles. The molecule has 4 rings (SSSR count). The molecule has 2 aromatic heterocycles. The molecule has 2 aliphatic heterocycles. The lowest BCUT2D eigenvalue weighted by Gasteiger charge is -2.35. The molecule has 164 valence electrons. The first-order valence-electron chi connectivity index (χ1n) is 10.5. The average Bonchev–Trinajstić information content (AvgIpc) is 3.43. The quantitative estimate of drug-likeness (QED) is 0.771. The molecule has 0 atom stereocenters. The molecule has 30 heavy (non-hydrogen) atoms. The number of amides is 1. The first-order chi connectivity index (χ1) is 14.4. The van der Waals surface area contributed by atoms with Gasteiger partial charge in [-0.3, -0.25) is 14.8 Å². The number of carbonyl (C=O) groups is 1. The Hall–Kier alpha value is -2.17. The normalized spacial score (nSPS) is 19.5. The zero-order chi connectivity index (χ0) is 21.3. The van der Waals surface area contributed by atoms with Crippen LogP contribution in [0, 0.1) is 0 Å². The molecule has 0 bridgehead atoms. The van der Waals surface area contributed by atoms with E-state index in [4.69, 9.17) is 4.42 Å². The number of rotatable bonds is 5. The summed E-state index contributed by atoms with van der Waals surface area (Å²) in [7, 11) is -3.72. The molecule has 2 aromatic rings. The number of H-pyrrole nitrogens is 1. The Morgan fingerprint density at radius 3 is 2.43 bits per heavy atom. The Morgan fingerprint density at radius 2 is 1.77 bits per heavy atom. The van der Waals surface area contributed by atoms with E-state index in [-0.39, 0.29) is 11.0 Å². The van der Waals surface area contributed by atoms with Crippen molar-refractivity contribution in [2.45, 2.75) is 44.2 Å². The Bertz CT molecular complexity index is 983. The van der Waals surface area contributed by atoms with E-state index in [9.17, 15) is 13.2 Å². The summed E-state index contributed by atoms with van der Waals surface area (Å²) in [6, 6.07) is 3.43. The number of aromatic nitrogens is 2. The predicted molar refractivity (Wildman–Crippen MR) is 112 cm³/mol. The van der Waals surface area contributed by atoms with Gasteiger partial charge in [-0.2, -0.15) is 9.40 Å². The number of furan rings is 1. The van der Waals surface area contributed by atoms with Gasteiger partial charge in [-0.1, -0.05) is 0 Å². The minimum Gasteiger partial charge on any atom is -0.442 e. The number of piperidine rings is 1. The van der Waals surface area contributed by atoms with Crippen molar-refractivity contribution in [2.24, 2.45) is 0 Å².